The zero-order valence-electron chi connectivity index (χ0n) is 11.1. The third kappa shape index (κ3) is 2.27. The summed E-state index contributed by atoms with van der Waals surface area (Å²) in [6, 6.07) is 8.41. The van der Waals surface area contributed by atoms with E-state index in [1.165, 1.54) is 12.8 Å². The molecule has 1 aromatic carbocycles. The average Bonchev–Trinajstić information content (AvgIpc) is 3.07. The molecule has 3 nitrogen and oxygen atoms in total. The lowest BCUT2D eigenvalue weighted by molar-refractivity contribution is 0.307. The summed E-state index contributed by atoms with van der Waals surface area (Å²) in [5.41, 5.74) is 3.08. The molecule has 3 heteroatoms. The topological polar surface area (TPSA) is 31.9 Å². The smallest absolute Gasteiger partial charge is 0.123 e. The van der Waals surface area contributed by atoms with Crippen LogP contribution in [0.5, 0.6) is 0 Å². The van der Waals surface area contributed by atoms with Gasteiger partial charge in [-0.25, -0.2) is 4.98 Å². The van der Waals surface area contributed by atoms with Gasteiger partial charge in [0.05, 0.1) is 17.9 Å². The highest BCUT2D eigenvalue weighted by Crippen LogP contribution is 2.29. The Hall–Kier alpha value is -2.05. The minimum absolute atomic E-state index is 0.429. The van der Waals surface area contributed by atoms with E-state index in [0.717, 1.165) is 29.2 Å². The maximum Gasteiger partial charge on any atom is 0.123 e. The Balaban J connectivity index is 1.86. The van der Waals surface area contributed by atoms with Gasteiger partial charge in [-0.3, -0.25) is 4.90 Å². The lowest BCUT2D eigenvalue weighted by Crippen LogP contribution is -2.18. The molecule has 1 fully saturated rings. The van der Waals surface area contributed by atoms with Gasteiger partial charge in [-0.15, -0.1) is 6.42 Å². The van der Waals surface area contributed by atoms with Crippen LogP contribution in [-0.2, 0) is 0 Å². The van der Waals surface area contributed by atoms with Crippen molar-refractivity contribution in [3.63, 3.8) is 0 Å². The quantitative estimate of drug-likeness (QED) is 0.832. The fraction of sp³-hybridized carbons (Fsp3) is 0.312. The maximum atomic E-state index is 5.37. The Morgan fingerprint density at radius 2 is 2.16 bits per heavy atom. The van der Waals surface area contributed by atoms with Crippen LogP contribution in [0.4, 0.5) is 0 Å². The van der Waals surface area contributed by atoms with Gasteiger partial charge >= 0.3 is 0 Å². The van der Waals surface area contributed by atoms with Crippen molar-refractivity contribution in [1.82, 2.24) is 14.9 Å². The zero-order valence-corrected chi connectivity index (χ0v) is 11.1. The summed E-state index contributed by atoms with van der Waals surface area (Å²) >= 11 is 0. The summed E-state index contributed by atoms with van der Waals surface area (Å²) in [5, 5.41) is 0. The lowest BCUT2D eigenvalue weighted by Gasteiger charge is -2.16. The predicted octanol–water partition coefficient (Wildman–Crippen LogP) is 2.82. The second kappa shape index (κ2) is 4.91. The molecule has 0 radical (unpaired) electrons. The molecule has 0 bridgehead atoms. The number of imidazole rings is 1. The predicted molar refractivity (Wildman–Crippen MR) is 76.6 cm³/mol. The zero-order chi connectivity index (χ0) is 13.2. The van der Waals surface area contributed by atoms with Crippen molar-refractivity contribution in [3.05, 3.63) is 41.9 Å². The van der Waals surface area contributed by atoms with E-state index >= 15 is 0 Å². The normalized spacial score (nSPS) is 19.5. The summed E-state index contributed by atoms with van der Waals surface area (Å²) in [4.78, 5) is 10.3. The SMILES string of the molecule is C#Cc1ccc(-c2cnc([C@H]3CCCN3C)[nH]2)cc1. The molecule has 96 valence electrons. The number of rotatable bonds is 2. The highest BCUT2D eigenvalue weighted by atomic mass is 15.2. The number of terminal acetylenes is 1. The van der Waals surface area contributed by atoms with Gasteiger partial charge in [-0.05, 0) is 44.1 Å². The van der Waals surface area contributed by atoms with Crippen LogP contribution < -0.4 is 0 Å². The first kappa shape index (κ1) is 12.0. The van der Waals surface area contributed by atoms with E-state index in [9.17, 15) is 0 Å². The molecule has 0 aliphatic carbocycles. The van der Waals surface area contributed by atoms with Crippen LogP contribution in [0.2, 0.25) is 0 Å². The van der Waals surface area contributed by atoms with Crippen LogP contribution in [-0.4, -0.2) is 28.5 Å². The van der Waals surface area contributed by atoms with Crippen molar-refractivity contribution in [3.8, 4) is 23.6 Å². The van der Waals surface area contributed by atoms with Gasteiger partial charge in [0.1, 0.15) is 5.82 Å². The van der Waals surface area contributed by atoms with Gasteiger partial charge in [0.2, 0.25) is 0 Å². The Kier molecular flexibility index (Phi) is 3.10. The number of nitrogens with zero attached hydrogens (tertiary/aromatic N) is 2. The fourth-order valence-electron chi connectivity index (χ4n) is 2.65. The van der Waals surface area contributed by atoms with Crippen molar-refractivity contribution >= 4 is 0 Å². The Morgan fingerprint density at radius 3 is 2.79 bits per heavy atom. The van der Waals surface area contributed by atoms with Gasteiger partial charge in [-0.1, -0.05) is 18.1 Å². The molecular formula is C16H17N3. The summed E-state index contributed by atoms with van der Waals surface area (Å²) < 4.78 is 0. The van der Waals surface area contributed by atoms with Gasteiger partial charge < -0.3 is 4.98 Å². The van der Waals surface area contributed by atoms with Crippen molar-refractivity contribution < 1.29 is 0 Å². The van der Waals surface area contributed by atoms with Crippen molar-refractivity contribution in [1.29, 1.82) is 0 Å². The van der Waals surface area contributed by atoms with E-state index in [1.807, 2.05) is 30.5 Å². The minimum Gasteiger partial charge on any atom is -0.341 e. The molecule has 1 aliphatic rings. The largest absolute Gasteiger partial charge is 0.341 e. The van der Waals surface area contributed by atoms with Gasteiger partial charge in [0.25, 0.3) is 0 Å². The van der Waals surface area contributed by atoms with Crippen LogP contribution >= 0.6 is 0 Å². The molecule has 3 rings (SSSR count). The van der Waals surface area contributed by atoms with Crippen LogP contribution in [0.15, 0.2) is 30.5 Å². The first-order valence-corrected chi connectivity index (χ1v) is 6.60. The first-order valence-electron chi connectivity index (χ1n) is 6.60. The number of nitrogens with one attached hydrogen (secondary N) is 1. The van der Waals surface area contributed by atoms with E-state index < -0.39 is 0 Å². The van der Waals surface area contributed by atoms with Crippen LogP contribution in [0.25, 0.3) is 11.3 Å². The third-order valence-corrected chi connectivity index (χ3v) is 3.79. The molecule has 2 heterocycles. The Labute approximate surface area is 113 Å². The second-order valence-corrected chi connectivity index (χ2v) is 5.04. The lowest BCUT2D eigenvalue weighted by atomic mass is 10.1. The standard InChI is InChI=1S/C16H17N3/c1-3-12-6-8-13(9-7-12)14-11-17-16(18-14)15-5-4-10-19(15)2/h1,6-9,11,15H,4-5,10H2,2H3,(H,17,18)/t15-/m1/s1. The van der Waals surface area contributed by atoms with E-state index in [1.54, 1.807) is 0 Å². The summed E-state index contributed by atoms with van der Waals surface area (Å²) in [7, 11) is 2.15. The van der Waals surface area contributed by atoms with Crippen molar-refractivity contribution in [2.75, 3.05) is 13.6 Å². The fourth-order valence-corrected chi connectivity index (χ4v) is 2.65. The van der Waals surface area contributed by atoms with Crippen molar-refractivity contribution in [2.45, 2.75) is 18.9 Å². The summed E-state index contributed by atoms with van der Waals surface area (Å²) in [6.07, 6.45) is 9.70. The minimum atomic E-state index is 0.429. The van der Waals surface area contributed by atoms with Gasteiger partial charge in [0.15, 0.2) is 0 Å². The number of likely N-dealkylation sites (tertiary alicyclic amines) is 1. The highest BCUT2D eigenvalue weighted by molar-refractivity contribution is 5.59. The van der Waals surface area contributed by atoms with Gasteiger partial charge in [-0.2, -0.15) is 0 Å². The molecule has 1 saturated heterocycles. The Bertz CT molecular complexity index is 604. The molecule has 0 amide bonds. The van der Waals surface area contributed by atoms with E-state index in [-0.39, 0.29) is 0 Å². The maximum absolute atomic E-state index is 5.37. The molecule has 0 spiro atoms. The van der Waals surface area contributed by atoms with E-state index in [4.69, 9.17) is 6.42 Å². The van der Waals surface area contributed by atoms with Crippen LogP contribution in [0.3, 0.4) is 0 Å². The number of benzene rings is 1. The number of H-pyrrole nitrogens is 1. The molecular weight excluding hydrogens is 234 g/mol. The highest BCUT2D eigenvalue weighted by Gasteiger charge is 2.24. The molecule has 2 aromatic rings. The van der Waals surface area contributed by atoms with Crippen LogP contribution in [0, 0.1) is 12.3 Å². The first-order chi connectivity index (χ1) is 9.28. The number of hydrogen-bond donors (Lipinski definition) is 1. The molecule has 0 unspecified atom stereocenters. The third-order valence-electron chi connectivity index (χ3n) is 3.79. The molecule has 1 atom stereocenters. The monoisotopic (exact) mass is 251 g/mol. The molecule has 1 aromatic heterocycles. The molecule has 1 N–H and O–H groups in total. The molecule has 0 saturated carbocycles. The number of hydrogen-bond acceptors (Lipinski definition) is 2. The van der Waals surface area contributed by atoms with Crippen molar-refractivity contribution in [2.24, 2.45) is 0 Å². The van der Waals surface area contributed by atoms with Gasteiger partial charge in [0, 0.05) is 5.56 Å². The summed E-state index contributed by atoms with van der Waals surface area (Å²) in [5.74, 6) is 3.69. The van der Waals surface area contributed by atoms with Crippen LogP contribution in [0.1, 0.15) is 30.3 Å². The number of aromatic amines is 1. The second-order valence-electron chi connectivity index (χ2n) is 5.04. The molecule has 1 aliphatic heterocycles. The summed E-state index contributed by atoms with van der Waals surface area (Å²) in [6.45, 7) is 1.15. The average molecular weight is 251 g/mol. The van der Waals surface area contributed by atoms with E-state index in [2.05, 4.69) is 27.8 Å². The Morgan fingerprint density at radius 1 is 1.37 bits per heavy atom. The molecule has 19 heavy (non-hydrogen) atoms. The number of aromatic nitrogens is 2. The van der Waals surface area contributed by atoms with E-state index in [0.29, 0.717) is 6.04 Å².